The molecule has 1 heterocycles. The maximum absolute atomic E-state index is 12.4. The summed E-state index contributed by atoms with van der Waals surface area (Å²) in [6, 6.07) is 14.1. The number of hydrogen-bond donors (Lipinski definition) is 0. The highest BCUT2D eigenvalue weighted by Crippen LogP contribution is 2.25. The molecule has 0 aromatic heterocycles. The standard InChI is InChI=1S/C21H23ClN2O/c1-16-3-6-18(7-4-16)8-10-21(25)24-13-11-23(12-14-24)20-15-19(22)9-5-17(20)2/h3-10,15H,11-14H2,1-2H3/b10-8+. The van der Waals surface area contributed by atoms with Crippen LogP contribution in [0.1, 0.15) is 16.7 Å². The Kier molecular flexibility index (Phi) is 5.44. The van der Waals surface area contributed by atoms with Crippen molar-refractivity contribution in [3.63, 3.8) is 0 Å². The number of anilines is 1. The zero-order chi connectivity index (χ0) is 17.8. The first-order chi connectivity index (χ1) is 12.0. The molecule has 1 aliphatic rings. The topological polar surface area (TPSA) is 23.6 Å². The smallest absolute Gasteiger partial charge is 0.246 e. The van der Waals surface area contributed by atoms with E-state index in [1.165, 1.54) is 11.1 Å². The van der Waals surface area contributed by atoms with Crippen LogP contribution in [0.2, 0.25) is 5.02 Å². The zero-order valence-corrected chi connectivity index (χ0v) is 15.5. The first kappa shape index (κ1) is 17.6. The van der Waals surface area contributed by atoms with Gasteiger partial charge in [-0.05, 0) is 43.2 Å². The van der Waals surface area contributed by atoms with E-state index in [0.29, 0.717) is 0 Å². The molecular formula is C21H23ClN2O. The Morgan fingerprint density at radius 1 is 1.00 bits per heavy atom. The van der Waals surface area contributed by atoms with Gasteiger partial charge in [0.05, 0.1) is 0 Å². The Morgan fingerprint density at radius 3 is 2.36 bits per heavy atom. The lowest BCUT2D eigenvalue weighted by Gasteiger charge is -2.36. The summed E-state index contributed by atoms with van der Waals surface area (Å²) in [6.07, 6.45) is 3.56. The van der Waals surface area contributed by atoms with Gasteiger partial charge in [-0.1, -0.05) is 47.5 Å². The summed E-state index contributed by atoms with van der Waals surface area (Å²) in [4.78, 5) is 16.6. The summed E-state index contributed by atoms with van der Waals surface area (Å²) in [5, 5.41) is 0.750. The number of rotatable bonds is 3. The largest absolute Gasteiger partial charge is 0.368 e. The maximum Gasteiger partial charge on any atom is 0.246 e. The molecule has 0 N–H and O–H groups in total. The highest BCUT2D eigenvalue weighted by Gasteiger charge is 2.20. The lowest BCUT2D eigenvalue weighted by molar-refractivity contribution is -0.126. The third-order valence-corrected chi connectivity index (χ3v) is 4.83. The van der Waals surface area contributed by atoms with Crippen LogP contribution in [0.5, 0.6) is 0 Å². The van der Waals surface area contributed by atoms with Crippen molar-refractivity contribution in [2.45, 2.75) is 13.8 Å². The van der Waals surface area contributed by atoms with Gasteiger partial charge in [0.15, 0.2) is 0 Å². The molecule has 0 bridgehead atoms. The normalized spacial score (nSPS) is 15.0. The molecule has 0 spiro atoms. The number of aryl methyl sites for hydroxylation is 2. The molecule has 1 amide bonds. The predicted molar refractivity (Wildman–Crippen MR) is 105 cm³/mol. The molecule has 0 atom stereocenters. The summed E-state index contributed by atoms with van der Waals surface area (Å²) in [5.41, 5.74) is 4.64. The van der Waals surface area contributed by atoms with Crippen LogP contribution in [0, 0.1) is 13.8 Å². The number of halogens is 1. The van der Waals surface area contributed by atoms with Crippen molar-refractivity contribution in [1.29, 1.82) is 0 Å². The van der Waals surface area contributed by atoms with Gasteiger partial charge in [-0.2, -0.15) is 0 Å². The van der Waals surface area contributed by atoms with Crippen LogP contribution in [0.25, 0.3) is 6.08 Å². The second-order valence-electron chi connectivity index (χ2n) is 6.49. The van der Waals surface area contributed by atoms with Gasteiger partial charge in [0.2, 0.25) is 5.91 Å². The van der Waals surface area contributed by atoms with Crippen LogP contribution in [-0.4, -0.2) is 37.0 Å². The van der Waals surface area contributed by atoms with Gasteiger partial charge < -0.3 is 9.80 Å². The molecule has 0 saturated carbocycles. The number of amides is 1. The molecule has 2 aromatic carbocycles. The van der Waals surface area contributed by atoms with E-state index in [1.54, 1.807) is 6.08 Å². The second kappa shape index (κ2) is 7.75. The van der Waals surface area contributed by atoms with Crippen molar-refractivity contribution in [2.24, 2.45) is 0 Å². The van der Waals surface area contributed by atoms with Crippen molar-refractivity contribution in [3.05, 3.63) is 70.3 Å². The van der Waals surface area contributed by atoms with Crippen LogP contribution in [-0.2, 0) is 4.79 Å². The Labute approximate surface area is 154 Å². The van der Waals surface area contributed by atoms with Crippen molar-refractivity contribution in [1.82, 2.24) is 4.90 Å². The average molecular weight is 355 g/mol. The molecule has 3 rings (SSSR count). The van der Waals surface area contributed by atoms with Crippen LogP contribution in [0.15, 0.2) is 48.5 Å². The highest BCUT2D eigenvalue weighted by molar-refractivity contribution is 6.30. The van der Waals surface area contributed by atoms with Crippen molar-refractivity contribution < 1.29 is 4.79 Å². The fraction of sp³-hybridized carbons (Fsp3) is 0.286. The molecule has 130 valence electrons. The number of piperazine rings is 1. The number of nitrogens with zero attached hydrogens (tertiary/aromatic N) is 2. The molecule has 0 aliphatic carbocycles. The third kappa shape index (κ3) is 4.43. The van der Waals surface area contributed by atoms with Gasteiger partial charge in [-0.15, -0.1) is 0 Å². The van der Waals surface area contributed by atoms with E-state index < -0.39 is 0 Å². The van der Waals surface area contributed by atoms with E-state index in [9.17, 15) is 4.79 Å². The number of benzene rings is 2. The first-order valence-corrected chi connectivity index (χ1v) is 8.95. The third-order valence-electron chi connectivity index (χ3n) is 4.60. The summed E-state index contributed by atoms with van der Waals surface area (Å²) < 4.78 is 0. The van der Waals surface area contributed by atoms with Crippen molar-refractivity contribution in [3.8, 4) is 0 Å². The molecule has 2 aromatic rings. The minimum atomic E-state index is 0.0723. The van der Waals surface area contributed by atoms with Gasteiger partial charge in [-0.25, -0.2) is 0 Å². The summed E-state index contributed by atoms with van der Waals surface area (Å²) in [6.45, 7) is 7.25. The Bertz CT molecular complexity index is 775. The van der Waals surface area contributed by atoms with E-state index in [-0.39, 0.29) is 5.91 Å². The molecular weight excluding hydrogens is 332 g/mol. The van der Waals surface area contributed by atoms with Gasteiger partial charge in [-0.3, -0.25) is 4.79 Å². The van der Waals surface area contributed by atoms with Gasteiger partial charge in [0.25, 0.3) is 0 Å². The van der Waals surface area contributed by atoms with E-state index in [4.69, 9.17) is 11.6 Å². The fourth-order valence-corrected chi connectivity index (χ4v) is 3.21. The molecule has 0 radical (unpaired) electrons. The lowest BCUT2D eigenvalue weighted by Crippen LogP contribution is -2.48. The lowest BCUT2D eigenvalue weighted by atomic mass is 10.1. The molecule has 25 heavy (non-hydrogen) atoms. The SMILES string of the molecule is Cc1ccc(/C=C/C(=O)N2CCN(c3cc(Cl)ccc3C)CC2)cc1. The first-order valence-electron chi connectivity index (χ1n) is 8.58. The van der Waals surface area contributed by atoms with Crippen LogP contribution in [0.3, 0.4) is 0 Å². The second-order valence-corrected chi connectivity index (χ2v) is 6.92. The maximum atomic E-state index is 12.4. The van der Waals surface area contributed by atoms with Gasteiger partial charge in [0.1, 0.15) is 0 Å². The Morgan fingerprint density at radius 2 is 1.68 bits per heavy atom. The van der Waals surface area contributed by atoms with Crippen LogP contribution in [0.4, 0.5) is 5.69 Å². The molecule has 0 unspecified atom stereocenters. The predicted octanol–water partition coefficient (Wildman–Crippen LogP) is 4.32. The minimum absolute atomic E-state index is 0.0723. The number of hydrogen-bond acceptors (Lipinski definition) is 2. The van der Waals surface area contributed by atoms with Crippen LogP contribution < -0.4 is 4.90 Å². The highest BCUT2D eigenvalue weighted by atomic mass is 35.5. The summed E-state index contributed by atoms with van der Waals surface area (Å²) in [7, 11) is 0. The van der Waals surface area contributed by atoms with E-state index in [1.807, 2.05) is 41.3 Å². The molecule has 4 heteroatoms. The fourth-order valence-electron chi connectivity index (χ4n) is 3.04. The number of carbonyl (C=O) groups is 1. The number of carbonyl (C=O) groups excluding carboxylic acids is 1. The zero-order valence-electron chi connectivity index (χ0n) is 14.7. The Hall–Kier alpha value is -2.26. The van der Waals surface area contributed by atoms with Crippen molar-refractivity contribution >= 4 is 29.3 Å². The van der Waals surface area contributed by atoms with E-state index >= 15 is 0 Å². The van der Waals surface area contributed by atoms with Gasteiger partial charge in [0, 0.05) is 43.0 Å². The molecule has 1 aliphatic heterocycles. The quantitative estimate of drug-likeness (QED) is 0.766. The van der Waals surface area contributed by atoms with E-state index in [2.05, 4.69) is 30.9 Å². The monoisotopic (exact) mass is 354 g/mol. The minimum Gasteiger partial charge on any atom is -0.368 e. The summed E-state index contributed by atoms with van der Waals surface area (Å²) >= 11 is 6.12. The average Bonchev–Trinajstić information content (AvgIpc) is 2.63. The van der Waals surface area contributed by atoms with Crippen LogP contribution >= 0.6 is 11.6 Å². The summed E-state index contributed by atoms with van der Waals surface area (Å²) in [5.74, 6) is 0.0723. The molecule has 1 fully saturated rings. The molecule has 3 nitrogen and oxygen atoms in total. The Balaban J connectivity index is 1.59. The molecule has 1 saturated heterocycles. The van der Waals surface area contributed by atoms with Gasteiger partial charge >= 0.3 is 0 Å². The van der Waals surface area contributed by atoms with Crippen molar-refractivity contribution in [2.75, 3.05) is 31.1 Å². The van der Waals surface area contributed by atoms with E-state index in [0.717, 1.165) is 42.5 Å².